The summed E-state index contributed by atoms with van der Waals surface area (Å²) in [4.78, 5) is 27.0. The van der Waals surface area contributed by atoms with Gasteiger partial charge in [-0.3, -0.25) is 9.59 Å². The summed E-state index contributed by atoms with van der Waals surface area (Å²) in [5.74, 6) is 0.748. The van der Waals surface area contributed by atoms with Gasteiger partial charge in [0.25, 0.3) is 0 Å². The molecule has 24 heavy (non-hydrogen) atoms. The second-order valence-corrected chi connectivity index (χ2v) is 7.61. The van der Waals surface area contributed by atoms with Gasteiger partial charge in [0, 0.05) is 31.0 Å². The predicted molar refractivity (Wildman–Crippen MR) is 92.2 cm³/mol. The van der Waals surface area contributed by atoms with Gasteiger partial charge in [0.1, 0.15) is 0 Å². The molecule has 4 heteroatoms. The number of rotatable bonds is 3. The molecule has 3 aliphatic rings. The summed E-state index contributed by atoms with van der Waals surface area (Å²) in [6, 6.07) is 8.86. The maximum atomic E-state index is 12.9. The monoisotopic (exact) mass is 326 g/mol. The van der Waals surface area contributed by atoms with E-state index in [2.05, 4.69) is 29.6 Å². The Labute approximate surface area is 143 Å². The summed E-state index contributed by atoms with van der Waals surface area (Å²) >= 11 is 0. The van der Waals surface area contributed by atoms with E-state index in [-0.39, 0.29) is 17.7 Å². The predicted octanol–water partition coefficient (Wildman–Crippen LogP) is 2.66. The number of fused-ring (bicyclic) bond motifs is 1. The Hall–Kier alpha value is -1.84. The fraction of sp³-hybridized carbons (Fsp3) is 0.600. The van der Waals surface area contributed by atoms with Crippen LogP contribution in [0.4, 0.5) is 0 Å². The van der Waals surface area contributed by atoms with Crippen molar-refractivity contribution in [3.63, 3.8) is 0 Å². The van der Waals surface area contributed by atoms with E-state index < -0.39 is 0 Å². The van der Waals surface area contributed by atoms with Crippen molar-refractivity contribution in [2.75, 3.05) is 6.54 Å². The zero-order chi connectivity index (χ0) is 16.5. The number of nitrogens with one attached hydrogen (secondary N) is 1. The van der Waals surface area contributed by atoms with E-state index in [1.54, 1.807) is 0 Å². The standard InChI is InChI=1S/C20H26N2O2/c23-19(21-18-9-10-18)15-5-7-16(8-6-15)20(24)22-12-11-14-3-1-2-4-17(14)13-22/h1-4,15-16,18H,5-13H2,(H,21,23). The van der Waals surface area contributed by atoms with Gasteiger partial charge in [-0.2, -0.15) is 0 Å². The van der Waals surface area contributed by atoms with E-state index in [0.717, 1.165) is 58.0 Å². The van der Waals surface area contributed by atoms with E-state index in [4.69, 9.17) is 0 Å². The number of hydrogen-bond donors (Lipinski definition) is 1. The molecule has 0 radical (unpaired) electrons. The van der Waals surface area contributed by atoms with E-state index in [1.165, 1.54) is 11.1 Å². The summed E-state index contributed by atoms with van der Waals surface area (Å²) in [6.07, 6.45) is 6.67. The largest absolute Gasteiger partial charge is 0.353 e. The summed E-state index contributed by atoms with van der Waals surface area (Å²) in [5.41, 5.74) is 2.66. The molecule has 4 rings (SSSR count). The zero-order valence-electron chi connectivity index (χ0n) is 14.2. The maximum Gasteiger partial charge on any atom is 0.225 e. The van der Waals surface area contributed by atoms with Crippen LogP contribution in [0.25, 0.3) is 0 Å². The van der Waals surface area contributed by atoms with Crippen molar-refractivity contribution in [2.45, 2.75) is 57.5 Å². The lowest BCUT2D eigenvalue weighted by atomic mass is 9.80. The van der Waals surface area contributed by atoms with Crippen LogP contribution in [0.2, 0.25) is 0 Å². The van der Waals surface area contributed by atoms with Gasteiger partial charge in [-0.05, 0) is 56.1 Å². The Kier molecular flexibility index (Phi) is 4.30. The summed E-state index contributed by atoms with van der Waals surface area (Å²) in [5, 5.41) is 3.11. The molecule has 1 N–H and O–H groups in total. The minimum Gasteiger partial charge on any atom is -0.353 e. The second kappa shape index (κ2) is 6.58. The fourth-order valence-electron chi connectivity index (χ4n) is 4.09. The smallest absolute Gasteiger partial charge is 0.225 e. The molecule has 1 aromatic carbocycles. The van der Waals surface area contributed by atoms with Gasteiger partial charge in [0.05, 0.1) is 0 Å². The van der Waals surface area contributed by atoms with Gasteiger partial charge in [0.2, 0.25) is 11.8 Å². The third-order valence-corrected chi connectivity index (χ3v) is 5.81. The highest BCUT2D eigenvalue weighted by Crippen LogP contribution is 2.32. The van der Waals surface area contributed by atoms with Crippen LogP contribution in [0, 0.1) is 11.8 Å². The Morgan fingerprint density at radius 3 is 2.29 bits per heavy atom. The summed E-state index contributed by atoms with van der Waals surface area (Å²) in [6.45, 7) is 1.58. The van der Waals surface area contributed by atoms with Crippen LogP contribution in [0.15, 0.2) is 24.3 Å². The van der Waals surface area contributed by atoms with Gasteiger partial charge in [-0.25, -0.2) is 0 Å². The number of carbonyl (C=O) groups is 2. The van der Waals surface area contributed by atoms with E-state index >= 15 is 0 Å². The van der Waals surface area contributed by atoms with Crippen molar-refractivity contribution in [1.29, 1.82) is 0 Å². The van der Waals surface area contributed by atoms with Gasteiger partial charge >= 0.3 is 0 Å². The molecule has 1 aromatic rings. The molecule has 128 valence electrons. The first kappa shape index (κ1) is 15.7. The molecule has 2 aliphatic carbocycles. The topological polar surface area (TPSA) is 49.4 Å². The first-order valence-corrected chi connectivity index (χ1v) is 9.36. The third kappa shape index (κ3) is 3.33. The Bertz CT molecular complexity index is 630. The van der Waals surface area contributed by atoms with Gasteiger partial charge in [-0.1, -0.05) is 24.3 Å². The Balaban J connectivity index is 1.31. The van der Waals surface area contributed by atoms with Crippen LogP contribution in [0.3, 0.4) is 0 Å². The van der Waals surface area contributed by atoms with Crippen LogP contribution >= 0.6 is 0 Å². The van der Waals surface area contributed by atoms with Crippen LogP contribution < -0.4 is 5.32 Å². The lowest BCUT2D eigenvalue weighted by molar-refractivity contribution is -0.139. The van der Waals surface area contributed by atoms with Gasteiger partial charge in [-0.15, -0.1) is 0 Å². The second-order valence-electron chi connectivity index (χ2n) is 7.61. The van der Waals surface area contributed by atoms with Crippen LogP contribution in [0.1, 0.15) is 49.7 Å². The highest BCUT2D eigenvalue weighted by molar-refractivity contribution is 5.81. The Morgan fingerprint density at radius 2 is 1.58 bits per heavy atom. The normalized spacial score (nSPS) is 26.6. The summed E-state index contributed by atoms with van der Waals surface area (Å²) in [7, 11) is 0. The van der Waals surface area contributed by atoms with Gasteiger partial charge in [0.15, 0.2) is 0 Å². The molecule has 0 saturated heterocycles. The molecule has 0 bridgehead atoms. The fourth-order valence-corrected chi connectivity index (χ4v) is 4.09. The van der Waals surface area contributed by atoms with E-state index in [0.29, 0.717) is 11.9 Å². The quantitative estimate of drug-likeness (QED) is 0.928. The molecule has 4 nitrogen and oxygen atoms in total. The van der Waals surface area contributed by atoms with Crippen LogP contribution in [-0.4, -0.2) is 29.3 Å². The number of amides is 2. The molecule has 2 fully saturated rings. The van der Waals surface area contributed by atoms with Crippen LogP contribution in [-0.2, 0) is 22.6 Å². The minimum atomic E-state index is 0.111. The minimum absolute atomic E-state index is 0.111. The molecule has 0 spiro atoms. The molecule has 2 amide bonds. The van der Waals surface area contributed by atoms with Gasteiger partial charge < -0.3 is 10.2 Å². The highest BCUT2D eigenvalue weighted by atomic mass is 16.2. The average Bonchev–Trinajstić information content (AvgIpc) is 3.45. The SMILES string of the molecule is O=C(NC1CC1)C1CCC(C(=O)N2CCc3ccccc3C2)CC1. The van der Waals surface area contributed by atoms with Crippen LogP contribution in [0.5, 0.6) is 0 Å². The number of nitrogens with zero attached hydrogens (tertiary/aromatic N) is 1. The highest BCUT2D eigenvalue weighted by Gasteiger charge is 2.34. The van der Waals surface area contributed by atoms with Crippen molar-refractivity contribution < 1.29 is 9.59 Å². The van der Waals surface area contributed by atoms with Crippen molar-refractivity contribution in [2.24, 2.45) is 11.8 Å². The van der Waals surface area contributed by atoms with Crippen molar-refractivity contribution >= 4 is 11.8 Å². The summed E-state index contributed by atoms with van der Waals surface area (Å²) < 4.78 is 0. The van der Waals surface area contributed by atoms with Crippen molar-refractivity contribution in [3.05, 3.63) is 35.4 Å². The lowest BCUT2D eigenvalue weighted by Gasteiger charge is -2.34. The average molecular weight is 326 g/mol. The maximum absolute atomic E-state index is 12.9. The van der Waals surface area contributed by atoms with E-state index in [1.807, 2.05) is 4.90 Å². The number of benzene rings is 1. The third-order valence-electron chi connectivity index (χ3n) is 5.81. The molecular formula is C20H26N2O2. The Morgan fingerprint density at radius 1 is 0.917 bits per heavy atom. The molecule has 0 unspecified atom stereocenters. The molecule has 1 aliphatic heterocycles. The molecule has 2 saturated carbocycles. The number of carbonyl (C=O) groups excluding carboxylic acids is 2. The molecule has 0 aromatic heterocycles. The van der Waals surface area contributed by atoms with E-state index in [9.17, 15) is 9.59 Å². The zero-order valence-corrected chi connectivity index (χ0v) is 14.2. The number of hydrogen-bond acceptors (Lipinski definition) is 2. The van der Waals surface area contributed by atoms with Crippen molar-refractivity contribution in [1.82, 2.24) is 10.2 Å². The molecular weight excluding hydrogens is 300 g/mol. The lowest BCUT2D eigenvalue weighted by Crippen LogP contribution is -2.42. The van der Waals surface area contributed by atoms with Crippen molar-refractivity contribution in [3.8, 4) is 0 Å². The first-order chi connectivity index (χ1) is 11.7. The first-order valence-electron chi connectivity index (χ1n) is 9.36. The molecule has 0 atom stereocenters. The molecule has 1 heterocycles.